The van der Waals surface area contributed by atoms with Gasteiger partial charge in [-0.15, -0.1) is 24.0 Å². The van der Waals surface area contributed by atoms with Gasteiger partial charge in [0.25, 0.3) is 0 Å². The van der Waals surface area contributed by atoms with Gasteiger partial charge < -0.3 is 15.5 Å². The first-order valence-corrected chi connectivity index (χ1v) is 9.06. The first-order valence-electron chi connectivity index (χ1n) is 9.06. The molecule has 1 aliphatic carbocycles. The summed E-state index contributed by atoms with van der Waals surface area (Å²) in [6.45, 7) is 9.93. The molecule has 4 nitrogen and oxygen atoms in total. The summed E-state index contributed by atoms with van der Waals surface area (Å²) in [6, 6.07) is 0.771. The molecule has 0 bridgehead atoms. The molecular formula is C17H35IN4. The van der Waals surface area contributed by atoms with Crippen molar-refractivity contribution in [1.29, 1.82) is 0 Å². The highest BCUT2D eigenvalue weighted by atomic mass is 127. The topological polar surface area (TPSA) is 39.7 Å². The van der Waals surface area contributed by atoms with Gasteiger partial charge in [0, 0.05) is 32.2 Å². The zero-order chi connectivity index (χ0) is 14.9. The number of piperidine rings is 1. The Balaban J connectivity index is 0.00000242. The number of halogens is 1. The third kappa shape index (κ3) is 7.99. The summed E-state index contributed by atoms with van der Waals surface area (Å²) >= 11 is 0. The van der Waals surface area contributed by atoms with Crippen LogP contribution in [0.15, 0.2) is 4.99 Å². The predicted octanol–water partition coefficient (Wildman–Crippen LogP) is 3.22. The number of likely N-dealkylation sites (tertiary alicyclic amines) is 1. The van der Waals surface area contributed by atoms with Gasteiger partial charge in [0.1, 0.15) is 0 Å². The maximum Gasteiger partial charge on any atom is 0.191 e. The molecule has 130 valence electrons. The van der Waals surface area contributed by atoms with Crippen molar-refractivity contribution in [1.82, 2.24) is 15.5 Å². The van der Waals surface area contributed by atoms with E-state index in [0.29, 0.717) is 0 Å². The molecule has 0 aromatic heterocycles. The zero-order valence-corrected chi connectivity index (χ0v) is 16.8. The highest BCUT2D eigenvalue weighted by Gasteiger charge is 2.20. The van der Waals surface area contributed by atoms with E-state index in [2.05, 4.69) is 29.4 Å². The van der Waals surface area contributed by atoms with Crippen molar-refractivity contribution in [2.75, 3.05) is 32.7 Å². The van der Waals surface area contributed by atoms with Gasteiger partial charge >= 0.3 is 0 Å². The van der Waals surface area contributed by atoms with E-state index in [1.54, 1.807) is 0 Å². The molecule has 2 fully saturated rings. The van der Waals surface area contributed by atoms with Gasteiger partial charge in [-0.05, 0) is 52.0 Å². The molecule has 5 heteroatoms. The second-order valence-corrected chi connectivity index (χ2v) is 6.65. The van der Waals surface area contributed by atoms with E-state index >= 15 is 0 Å². The van der Waals surface area contributed by atoms with E-state index in [4.69, 9.17) is 4.99 Å². The number of aliphatic imine (C=N–C) groups is 1. The van der Waals surface area contributed by atoms with Crippen LogP contribution in [0.25, 0.3) is 0 Å². The maximum atomic E-state index is 4.71. The van der Waals surface area contributed by atoms with Crippen LogP contribution in [0, 0.1) is 5.92 Å². The molecule has 1 atom stereocenters. The molecule has 2 rings (SSSR count). The van der Waals surface area contributed by atoms with Crippen molar-refractivity contribution in [3.8, 4) is 0 Å². The fourth-order valence-electron chi connectivity index (χ4n) is 3.10. The smallest absolute Gasteiger partial charge is 0.191 e. The van der Waals surface area contributed by atoms with Gasteiger partial charge in [-0.2, -0.15) is 0 Å². The van der Waals surface area contributed by atoms with E-state index in [1.165, 1.54) is 58.0 Å². The van der Waals surface area contributed by atoms with Gasteiger partial charge in [-0.25, -0.2) is 0 Å². The van der Waals surface area contributed by atoms with Crippen LogP contribution in [0.4, 0.5) is 0 Å². The third-order valence-electron chi connectivity index (χ3n) is 4.70. The Kier molecular flexibility index (Phi) is 10.4. The summed E-state index contributed by atoms with van der Waals surface area (Å²) in [5, 5.41) is 6.81. The lowest BCUT2D eigenvalue weighted by Crippen LogP contribution is -2.39. The molecular weight excluding hydrogens is 387 g/mol. The lowest BCUT2D eigenvalue weighted by Gasteiger charge is -2.33. The first kappa shape index (κ1) is 20.0. The number of rotatable bonds is 8. The molecule has 1 saturated carbocycles. The van der Waals surface area contributed by atoms with Crippen molar-refractivity contribution in [3.05, 3.63) is 0 Å². The van der Waals surface area contributed by atoms with Crippen LogP contribution in [-0.2, 0) is 0 Å². The summed E-state index contributed by atoms with van der Waals surface area (Å²) in [5.74, 6) is 1.99. The van der Waals surface area contributed by atoms with E-state index in [9.17, 15) is 0 Å². The van der Waals surface area contributed by atoms with Crippen molar-refractivity contribution in [3.63, 3.8) is 0 Å². The molecule has 1 aliphatic heterocycles. The normalized spacial score (nSPS) is 23.0. The molecule has 1 saturated heterocycles. The second-order valence-electron chi connectivity index (χ2n) is 6.65. The summed E-state index contributed by atoms with van der Waals surface area (Å²) in [6.07, 6.45) is 9.49. The SMILES string of the molecule is CCNC(=NCCCN1CCCCC1C)NCCC1CC1.I. The number of hydrogen-bond donors (Lipinski definition) is 2. The van der Waals surface area contributed by atoms with Crippen LogP contribution in [0.2, 0.25) is 0 Å². The van der Waals surface area contributed by atoms with Crippen molar-refractivity contribution < 1.29 is 0 Å². The largest absolute Gasteiger partial charge is 0.357 e. The highest BCUT2D eigenvalue weighted by molar-refractivity contribution is 14.0. The third-order valence-corrected chi connectivity index (χ3v) is 4.70. The van der Waals surface area contributed by atoms with E-state index in [0.717, 1.165) is 37.6 Å². The van der Waals surface area contributed by atoms with Gasteiger partial charge in [0.05, 0.1) is 0 Å². The molecule has 2 aliphatic rings. The van der Waals surface area contributed by atoms with Crippen molar-refractivity contribution in [2.24, 2.45) is 10.9 Å². The molecule has 1 heterocycles. The Morgan fingerprint density at radius 3 is 2.68 bits per heavy atom. The maximum absolute atomic E-state index is 4.71. The van der Waals surface area contributed by atoms with Gasteiger partial charge in [0.2, 0.25) is 0 Å². The van der Waals surface area contributed by atoms with Crippen molar-refractivity contribution in [2.45, 2.75) is 64.8 Å². The lowest BCUT2D eigenvalue weighted by molar-refractivity contribution is 0.160. The molecule has 0 amide bonds. The van der Waals surface area contributed by atoms with E-state index < -0.39 is 0 Å². The summed E-state index contributed by atoms with van der Waals surface area (Å²) in [4.78, 5) is 7.34. The Morgan fingerprint density at radius 1 is 1.18 bits per heavy atom. The fourth-order valence-corrected chi connectivity index (χ4v) is 3.10. The number of guanidine groups is 1. The van der Waals surface area contributed by atoms with Crippen LogP contribution in [0.5, 0.6) is 0 Å². The standard InChI is InChI=1S/C17H34N4.HI/c1-3-18-17(20-12-10-16-8-9-16)19-11-6-14-21-13-5-4-7-15(21)2;/h15-16H,3-14H2,1-2H3,(H2,18,19,20);1H. The Hall–Kier alpha value is -0.0400. The minimum atomic E-state index is 0. The molecule has 0 aromatic carbocycles. The van der Waals surface area contributed by atoms with Crippen LogP contribution in [-0.4, -0.2) is 49.6 Å². The average Bonchev–Trinajstić information content (AvgIpc) is 3.29. The van der Waals surface area contributed by atoms with Crippen LogP contribution in [0.3, 0.4) is 0 Å². The van der Waals surface area contributed by atoms with Gasteiger partial charge in [-0.1, -0.05) is 19.3 Å². The van der Waals surface area contributed by atoms with Crippen LogP contribution in [0.1, 0.15) is 58.8 Å². The Morgan fingerprint density at radius 2 is 2.00 bits per heavy atom. The summed E-state index contributed by atoms with van der Waals surface area (Å²) in [5.41, 5.74) is 0. The molecule has 0 aromatic rings. The molecule has 0 spiro atoms. The second kappa shape index (κ2) is 11.5. The lowest BCUT2D eigenvalue weighted by atomic mass is 10.0. The van der Waals surface area contributed by atoms with Crippen LogP contribution >= 0.6 is 24.0 Å². The Bertz CT molecular complexity index is 318. The first-order chi connectivity index (χ1) is 10.3. The minimum Gasteiger partial charge on any atom is -0.357 e. The number of hydrogen-bond acceptors (Lipinski definition) is 2. The quantitative estimate of drug-likeness (QED) is 0.273. The van der Waals surface area contributed by atoms with Gasteiger partial charge in [-0.3, -0.25) is 4.99 Å². The number of nitrogens with one attached hydrogen (secondary N) is 2. The molecule has 22 heavy (non-hydrogen) atoms. The van der Waals surface area contributed by atoms with E-state index in [1.807, 2.05) is 0 Å². The predicted molar refractivity (Wildman–Crippen MR) is 106 cm³/mol. The molecule has 2 N–H and O–H groups in total. The zero-order valence-electron chi connectivity index (χ0n) is 14.4. The van der Waals surface area contributed by atoms with E-state index in [-0.39, 0.29) is 24.0 Å². The minimum absolute atomic E-state index is 0. The van der Waals surface area contributed by atoms with Crippen LogP contribution < -0.4 is 10.6 Å². The average molecular weight is 422 g/mol. The summed E-state index contributed by atoms with van der Waals surface area (Å²) in [7, 11) is 0. The molecule has 0 radical (unpaired) electrons. The molecule has 1 unspecified atom stereocenters. The fraction of sp³-hybridized carbons (Fsp3) is 0.941. The highest BCUT2D eigenvalue weighted by Crippen LogP contribution is 2.31. The Labute approximate surface area is 153 Å². The summed E-state index contributed by atoms with van der Waals surface area (Å²) < 4.78 is 0. The van der Waals surface area contributed by atoms with Crippen molar-refractivity contribution >= 4 is 29.9 Å². The monoisotopic (exact) mass is 422 g/mol. The van der Waals surface area contributed by atoms with Gasteiger partial charge in [0.15, 0.2) is 5.96 Å². The number of nitrogens with zero attached hydrogens (tertiary/aromatic N) is 2.